The van der Waals surface area contributed by atoms with E-state index in [0.29, 0.717) is 12.0 Å². The zero-order valence-corrected chi connectivity index (χ0v) is 34.5. The zero-order chi connectivity index (χ0) is 42.5. The van der Waals surface area contributed by atoms with Crippen LogP contribution in [0.2, 0.25) is 0 Å². The number of phenols is 1. The summed E-state index contributed by atoms with van der Waals surface area (Å²) in [7, 11) is 0. The number of phenolic OH excluding ortho intramolecular Hbond substituents is 1. The van der Waals surface area contributed by atoms with Gasteiger partial charge in [0.1, 0.15) is 5.75 Å². The number of aromatic hydroxyl groups is 1. The fraction of sp³-hybridized carbons (Fsp3) is 0.600. The number of carbonyl (C=O) groups excluding carboxylic acids is 4. The number of guanidine groups is 1. The summed E-state index contributed by atoms with van der Waals surface area (Å²) in [6.45, 7) is 1.69. The van der Waals surface area contributed by atoms with Crippen molar-refractivity contribution in [2.75, 3.05) is 13.2 Å². The van der Waals surface area contributed by atoms with Crippen molar-refractivity contribution in [3.05, 3.63) is 65.7 Å². The Balaban J connectivity index is 2.01. The molecule has 0 heterocycles. The van der Waals surface area contributed by atoms with E-state index in [1.807, 2.05) is 30.3 Å². The molecule has 0 aliphatic carbocycles. The number of unbranched alkanes of at least 4 members (excludes halogenated alkanes) is 12. The molecule has 0 radical (unpaired) electrons. The van der Waals surface area contributed by atoms with Crippen molar-refractivity contribution >= 4 is 35.3 Å². The third kappa shape index (κ3) is 21.7. The molecule has 4 atom stereocenters. The number of carbonyl (C=O) groups is 5. The zero-order valence-electron chi connectivity index (χ0n) is 34.5. The number of nitrogens with zero attached hydrogens (tertiary/aromatic N) is 1. The summed E-state index contributed by atoms with van der Waals surface area (Å²) in [5.41, 5.74) is 12.3. The summed E-state index contributed by atoms with van der Waals surface area (Å²) < 4.78 is 0. The maximum absolute atomic E-state index is 13.8. The number of aliphatic imine (C=N–C) groups is 1. The molecule has 13 heteroatoms. The predicted molar refractivity (Wildman–Crippen MR) is 227 cm³/mol. The number of aliphatic carboxylic acids is 1. The first-order chi connectivity index (χ1) is 27.9. The molecule has 58 heavy (non-hydrogen) atoms. The Hall–Kier alpha value is -4.78. The second-order valence-electron chi connectivity index (χ2n) is 15.4. The number of nitrogens with one attached hydrogen (secondary N) is 2. The number of nitrogens with two attached hydrogens (primary N) is 2. The molecule has 2 aromatic carbocycles. The van der Waals surface area contributed by atoms with E-state index in [-0.39, 0.29) is 56.3 Å². The van der Waals surface area contributed by atoms with Gasteiger partial charge < -0.3 is 37.4 Å². The average molecular weight is 808 g/mol. The van der Waals surface area contributed by atoms with Gasteiger partial charge in [0, 0.05) is 25.8 Å². The summed E-state index contributed by atoms with van der Waals surface area (Å²) in [6, 6.07) is 13.1. The molecule has 2 aromatic rings. The summed E-state index contributed by atoms with van der Waals surface area (Å²) in [4.78, 5) is 70.1. The van der Waals surface area contributed by atoms with Crippen LogP contribution in [-0.2, 0) is 36.8 Å². The van der Waals surface area contributed by atoms with E-state index >= 15 is 0 Å². The van der Waals surface area contributed by atoms with Crippen molar-refractivity contribution in [1.29, 1.82) is 0 Å². The molecule has 0 aliphatic heterocycles. The smallest absolute Gasteiger partial charge is 0.307 e. The third-order valence-electron chi connectivity index (χ3n) is 10.4. The second-order valence-corrected chi connectivity index (χ2v) is 15.4. The van der Waals surface area contributed by atoms with Crippen LogP contribution in [0.5, 0.6) is 5.75 Å². The van der Waals surface area contributed by atoms with Gasteiger partial charge in [-0.05, 0) is 55.4 Å². The van der Waals surface area contributed by atoms with Gasteiger partial charge in [0.05, 0.1) is 30.5 Å². The maximum atomic E-state index is 13.8. The number of carboxylic acids is 1. The van der Waals surface area contributed by atoms with Crippen LogP contribution in [0.15, 0.2) is 59.6 Å². The molecule has 0 fully saturated rings. The predicted octanol–water partition coefficient (Wildman–Crippen LogP) is 5.91. The lowest BCUT2D eigenvalue weighted by molar-refractivity contribution is -0.144. The number of hydrogen-bond acceptors (Lipinski definition) is 8. The van der Waals surface area contributed by atoms with Crippen LogP contribution < -0.4 is 22.1 Å². The second kappa shape index (κ2) is 29.4. The minimum Gasteiger partial charge on any atom is -0.508 e. The number of benzene rings is 2. The van der Waals surface area contributed by atoms with Crippen molar-refractivity contribution in [2.45, 2.75) is 147 Å². The largest absolute Gasteiger partial charge is 0.508 e. The highest BCUT2D eigenvalue weighted by atomic mass is 16.4. The van der Waals surface area contributed by atoms with Gasteiger partial charge in [0.2, 0.25) is 11.8 Å². The lowest BCUT2D eigenvalue weighted by atomic mass is 9.90. The van der Waals surface area contributed by atoms with Crippen molar-refractivity contribution in [3.8, 4) is 5.75 Å². The highest BCUT2D eigenvalue weighted by molar-refractivity contribution is 5.95. The van der Waals surface area contributed by atoms with Gasteiger partial charge in [-0.15, -0.1) is 0 Å². The molecule has 0 aromatic heterocycles. The van der Waals surface area contributed by atoms with E-state index in [0.717, 1.165) is 24.8 Å². The topological polar surface area (TPSA) is 234 Å². The van der Waals surface area contributed by atoms with Gasteiger partial charge in [-0.3, -0.25) is 29.0 Å². The summed E-state index contributed by atoms with van der Waals surface area (Å²) >= 11 is 0. The molecule has 2 rings (SSSR count). The van der Waals surface area contributed by atoms with E-state index in [9.17, 15) is 39.3 Å². The van der Waals surface area contributed by atoms with Crippen LogP contribution >= 0.6 is 0 Å². The SMILES string of the molecule is CCCCCCCCCCCCCCCC(=O)N[C@@H](Cc1ccccc1)C(=O)C[C@@H](CO)C(=O)N[C@@H](CCCN=C(N)N)C(=O)C[C@@H](Cc1ccc(O)cc1)C(=O)O. The van der Waals surface area contributed by atoms with Crippen LogP contribution in [0.25, 0.3) is 0 Å². The summed E-state index contributed by atoms with van der Waals surface area (Å²) in [6.07, 6.45) is 15.5. The monoisotopic (exact) mass is 808 g/mol. The Labute approximate surface area is 344 Å². The van der Waals surface area contributed by atoms with Crippen molar-refractivity contribution in [3.63, 3.8) is 0 Å². The van der Waals surface area contributed by atoms with Crippen LogP contribution in [-0.4, -0.2) is 75.9 Å². The first-order valence-electron chi connectivity index (χ1n) is 21.3. The standard InChI is InChI=1S/C45H69N5O8/c1-2-3-4-5-6-7-8-9-10-11-12-13-17-22-42(55)49-39(29-33-19-15-14-16-20-33)41(54)31-36(32-51)43(56)50-38(21-18-27-48-45(46)47)40(53)30-35(44(57)58)28-34-23-25-37(52)26-24-34/h14-16,19-20,23-26,35-36,38-39,51-52H,2-13,17-18,21-22,27-32H2,1H3,(H,49,55)(H,50,56)(H,57,58)(H4,46,47,48)/t35-,36+,38+,39+/m1/s1. The molecule has 0 unspecified atom stereocenters. The molecule has 0 saturated carbocycles. The average Bonchev–Trinajstić information content (AvgIpc) is 3.20. The van der Waals surface area contributed by atoms with Crippen LogP contribution in [0.4, 0.5) is 0 Å². The summed E-state index contributed by atoms with van der Waals surface area (Å²) in [5.74, 6) is -5.67. The molecule has 0 spiro atoms. The molecule has 9 N–H and O–H groups in total. The quantitative estimate of drug-likeness (QED) is 0.0256. The van der Waals surface area contributed by atoms with E-state index in [1.54, 1.807) is 12.1 Å². The highest BCUT2D eigenvalue weighted by Crippen LogP contribution is 2.20. The Morgan fingerprint density at radius 3 is 1.74 bits per heavy atom. The minimum atomic E-state index is -1.23. The Morgan fingerprint density at radius 1 is 0.655 bits per heavy atom. The van der Waals surface area contributed by atoms with E-state index < -0.39 is 66.8 Å². The van der Waals surface area contributed by atoms with Gasteiger partial charge in [-0.25, -0.2) is 0 Å². The number of carboxylic acid groups (broad SMARTS) is 1. The van der Waals surface area contributed by atoms with Gasteiger partial charge >= 0.3 is 5.97 Å². The van der Waals surface area contributed by atoms with Gasteiger partial charge in [0.15, 0.2) is 17.5 Å². The molecule has 0 saturated heterocycles. The summed E-state index contributed by atoms with van der Waals surface area (Å²) in [5, 5.41) is 35.3. The number of aliphatic hydroxyl groups excluding tert-OH is 1. The molecule has 0 aliphatic rings. The highest BCUT2D eigenvalue weighted by Gasteiger charge is 2.32. The van der Waals surface area contributed by atoms with Crippen molar-refractivity contribution in [1.82, 2.24) is 10.6 Å². The lowest BCUT2D eigenvalue weighted by Gasteiger charge is -2.24. The number of Topliss-reactive ketones (excluding diaryl/α,β-unsaturated/α-hetero) is 2. The van der Waals surface area contributed by atoms with E-state index in [2.05, 4.69) is 22.5 Å². The van der Waals surface area contributed by atoms with E-state index in [4.69, 9.17) is 11.5 Å². The molecular weight excluding hydrogens is 739 g/mol. The number of hydrogen-bond donors (Lipinski definition) is 7. The molecule has 322 valence electrons. The first kappa shape index (κ1) is 49.4. The number of ketones is 2. The van der Waals surface area contributed by atoms with Crippen LogP contribution in [0, 0.1) is 11.8 Å². The number of aliphatic hydroxyl groups is 1. The lowest BCUT2D eigenvalue weighted by Crippen LogP contribution is -2.48. The Kier molecular flexibility index (Phi) is 25.1. The van der Waals surface area contributed by atoms with Crippen LogP contribution in [0.3, 0.4) is 0 Å². The minimum absolute atomic E-state index is 0.0116. The fourth-order valence-electron chi connectivity index (χ4n) is 6.95. The Morgan fingerprint density at radius 2 is 1.19 bits per heavy atom. The van der Waals surface area contributed by atoms with Gasteiger partial charge in [-0.1, -0.05) is 126 Å². The Bertz CT molecular complexity index is 1530. The molecule has 13 nitrogen and oxygen atoms in total. The normalized spacial score (nSPS) is 13.1. The van der Waals surface area contributed by atoms with Crippen molar-refractivity contribution in [2.24, 2.45) is 28.3 Å². The fourth-order valence-corrected chi connectivity index (χ4v) is 6.95. The molecule has 2 amide bonds. The first-order valence-corrected chi connectivity index (χ1v) is 21.3. The molecule has 0 bridgehead atoms. The van der Waals surface area contributed by atoms with E-state index in [1.165, 1.54) is 69.9 Å². The third-order valence-corrected chi connectivity index (χ3v) is 10.4. The number of amides is 2. The van der Waals surface area contributed by atoms with Gasteiger partial charge in [0.25, 0.3) is 0 Å². The molecular formula is C45H69N5O8. The van der Waals surface area contributed by atoms with Crippen LogP contribution in [0.1, 0.15) is 134 Å². The van der Waals surface area contributed by atoms with Crippen molar-refractivity contribution < 1.29 is 39.3 Å². The van der Waals surface area contributed by atoms with Gasteiger partial charge in [-0.2, -0.15) is 0 Å². The number of rotatable bonds is 33. The maximum Gasteiger partial charge on any atom is 0.307 e.